The molecule has 0 saturated heterocycles. The summed E-state index contributed by atoms with van der Waals surface area (Å²) in [6.45, 7) is 1.18. The molecule has 3 aromatic rings. The summed E-state index contributed by atoms with van der Waals surface area (Å²) < 4.78 is 17.8. The van der Waals surface area contributed by atoms with Gasteiger partial charge in [-0.05, 0) is 35.7 Å². The third-order valence-corrected chi connectivity index (χ3v) is 6.26. The van der Waals surface area contributed by atoms with Crippen molar-refractivity contribution < 1.29 is 14.2 Å². The second kappa shape index (κ2) is 6.27. The molecule has 0 radical (unpaired) electrons. The molecule has 2 atom stereocenters. The Kier molecular flexibility index (Phi) is 3.59. The molecule has 3 aliphatic heterocycles. The Labute approximate surface area is 166 Å². The molecule has 0 unspecified atom stereocenters. The van der Waals surface area contributed by atoms with E-state index >= 15 is 0 Å². The largest absolute Gasteiger partial charge is 0.486 e. The SMILES string of the molecule is c1csc([C@H]2Oc3ccccc3[C@H]3CC(c4ccc5c(c4)OCCO5)=NN32)c1. The van der Waals surface area contributed by atoms with Crippen molar-refractivity contribution >= 4 is 17.0 Å². The predicted octanol–water partition coefficient (Wildman–Crippen LogP) is 4.76. The molecule has 0 amide bonds. The average Bonchev–Trinajstić information content (AvgIpc) is 3.43. The minimum absolute atomic E-state index is 0.167. The summed E-state index contributed by atoms with van der Waals surface area (Å²) in [4.78, 5) is 1.16. The highest BCUT2D eigenvalue weighted by Crippen LogP contribution is 2.48. The van der Waals surface area contributed by atoms with Gasteiger partial charge in [-0.3, -0.25) is 0 Å². The molecule has 5 nitrogen and oxygen atoms in total. The van der Waals surface area contributed by atoms with E-state index < -0.39 is 0 Å². The molecule has 6 rings (SSSR count). The maximum Gasteiger partial charge on any atom is 0.222 e. The van der Waals surface area contributed by atoms with E-state index in [0.717, 1.165) is 39.8 Å². The van der Waals surface area contributed by atoms with Crippen LogP contribution in [0.4, 0.5) is 0 Å². The van der Waals surface area contributed by atoms with E-state index in [1.165, 1.54) is 5.56 Å². The fraction of sp³-hybridized carbons (Fsp3) is 0.227. The van der Waals surface area contributed by atoms with E-state index in [1.54, 1.807) is 11.3 Å². The van der Waals surface area contributed by atoms with E-state index in [2.05, 4.69) is 46.8 Å². The van der Waals surface area contributed by atoms with Crippen molar-refractivity contribution in [1.82, 2.24) is 5.01 Å². The van der Waals surface area contributed by atoms with Crippen LogP contribution < -0.4 is 14.2 Å². The van der Waals surface area contributed by atoms with E-state index in [-0.39, 0.29) is 12.3 Å². The number of hydrazone groups is 1. The van der Waals surface area contributed by atoms with Gasteiger partial charge in [0, 0.05) is 17.5 Å². The summed E-state index contributed by atoms with van der Waals surface area (Å²) in [6.07, 6.45) is 0.636. The zero-order chi connectivity index (χ0) is 18.5. The van der Waals surface area contributed by atoms with Gasteiger partial charge in [0.15, 0.2) is 11.5 Å². The molecule has 140 valence electrons. The van der Waals surface area contributed by atoms with Crippen LogP contribution in [0.15, 0.2) is 65.1 Å². The molecule has 0 saturated carbocycles. The van der Waals surface area contributed by atoms with Crippen molar-refractivity contribution in [2.75, 3.05) is 13.2 Å². The van der Waals surface area contributed by atoms with Crippen LogP contribution in [-0.2, 0) is 0 Å². The lowest BCUT2D eigenvalue weighted by Crippen LogP contribution is -2.33. The highest BCUT2D eigenvalue weighted by atomic mass is 32.1. The van der Waals surface area contributed by atoms with Gasteiger partial charge in [0.2, 0.25) is 6.23 Å². The Hall–Kier alpha value is -2.99. The monoisotopic (exact) mass is 390 g/mol. The molecule has 3 aliphatic rings. The van der Waals surface area contributed by atoms with Gasteiger partial charge in [-0.1, -0.05) is 24.3 Å². The number of hydrogen-bond donors (Lipinski definition) is 0. The minimum atomic E-state index is -0.199. The van der Waals surface area contributed by atoms with Gasteiger partial charge in [-0.15, -0.1) is 11.3 Å². The Morgan fingerprint density at radius 3 is 2.71 bits per heavy atom. The van der Waals surface area contributed by atoms with Crippen LogP contribution in [0.1, 0.15) is 34.7 Å². The summed E-state index contributed by atoms with van der Waals surface area (Å²) >= 11 is 1.70. The molecule has 4 heterocycles. The van der Waals surface area contributed by atoms with E-state index in [9.17, 15) is 0 Å². The summed E-state index contributed by atoms with van der Waals surface area (Å²) in [5, 5.41) is 9.19. The van der Waals surface area contributed by atoms with Crippen molar-refractivity contribution in [2.24, 2.45) is 5.10 Å². The van der Waals surface area contributed by atoms with Crippen LogP contribution >= 0.6 is 11.3 Å². The standard InChI is InChI=1S/C22H18N2O3S/c1-2-5-18-15(4-1)17-13-16(14-7-8-19-20(12-14)26-10-9-25-19)23-24(17)22(27-18)21-6-3-11-28-21/h1-8,11-12,17,22H,9-10,13H2/t17-,22-/m1/s1. The number of thiophene rings is 1. The Balaban J connectivity index is 1.41. The predicted molar refractivity (Wildman–Crippen MR) is 107 cm³/mol. The van der Waals surface area contributed by atoms with Crippen molar-refractivity contribution in [3.63, 3.8) is 0 Å². The van der Waals surface area contributed by atoms with Crippen molar-refractivity contribution in [3.8, 4) is 17.2 Å². The Bertz CT molecular complexity index is 1060. The van der Waals surface area contributed by atoms with Gasteiger partial charge >= 0.3 is 0 Å². The Morgan fingerprint density at radius 1 is 0.929 bits per heavy atom. The van der Waals surface area contributed by atoms with Gasteiger partial charge < -0.3 is 14.2 Å². The second-order valence-electron chi connectivity index (χ2n) is 7.03. The molecule has 1 aromatic heterocycles. The summed E-state index contributed by atoms with van der Waals surface area (Å²) in [6, 6.07) is 18.7. The molecular formula is C22H18N2O3S. The second-order valence-corrected chi connectivity index (χ2v) is 8.01. The normalized spacial score (nSPS) is 22.1. The maximum atomic E-state index is 6.35. The van der Waals surface area contributed by atoms with Crippen LogP contribution in [0.2, 0.25) is 0 Å². The molecule has 28 heavy (non-hydrogen) atoms. The van der Waals surface area contributed by atoms with Crippen molar-refractivity contribution in [2.45, 2.75) is 18.7 Å². The first-order chi connectivity index (χ1) is 13.9. The lowest BCUT2D eigenvalue weighted by Gasteiger charge is -2.37. The highest BCUT2D eigenvalue weighted by molar-refractivity contribution is 7.10. The maximum absolute atomic E-state index is 6.35. The zero-order valence-corrected chi connectivity index (χ0v) is 15.9. The highest BCUT2D eigenvalue weighted by Gasteiger charge is 2.41. The lowest BCUT2D eigenvalue weighted by atomic mass is 9.96. The molecule has 0 fully saturated rings. The summed E-state index contributed by atoms with van der Waals surface area (Å²) in [5.41, 5.74) is 3.30. The molecule has 0 bridgehead atoms. The molecule has 0 aliphatic carbocycles. The van der Waals surface area contributed by atoms with Crippen LogP contribution in [-0.4, -0.2) is 23.9 Å². The van der Waals surface area contributed by atoms with Gasteiger partial charge in [0.1, 0.15) is 19.0 Å². The van der Waals surface area contributed by atoms with Crippen LogP contribution in [0.25, 0.3) is 0 Å². The zero-order valence-electron chi connectivity index (χ0n) is 15.1. The third kappa shape index (κ3) is 2.48. The first-order valence-electron chi connectivity index (χ1n) is 9.42. The van der Waals surface area contributed by atoms with E-state index in [4.69, 9.17) is 19.3 Å². The smallest absolute Gasteiger partial charge is 0.222 e. The number of nitrogens with zero attached hydrogens (tertiary/aromatic N) is 2. The summed E-state index contributed by atoms with van der Waals surface area (Å²) in [7, 11) is 0. The average molecular weight is 390 g/mol. The van der Waals surface area contributed by atoms with E-state index in [0.29, 0.717) is 13.2 Å². The van der Waals surface area contributed by atoms with E-state index in [1.807, 2.05) is 18.2 Å². The van der Waals surface area contributed by atoms with Gasteiger partial charge in [0.25, 0.3) is 0 Å². The number of hydrogen-bond acceptors (Lipinski definition) is 6. The molecule has 0 spiro atoms. The first kappa shape index (κ1) is 16.0. The minimum Gasteiger partial charge on any atom is -0.486 e. The molecular weight excluding hydrogens is 372 g/mol. The quantitative estimate of drug-likeness (QED) is 0.633. The molecule has 0 N–H and O–H groups in total. The number of benzene rings is 2. The van der Waals surface area contributed by atoms with Crippen LogP contribution in [0.5, 0.6) is 17.2 Å². The van der Waals surface area contributed by atoms with Crippen LogP contribution in [0, 0.1) is 0 Å². The van der Waals surface area contributed by atoms with Crippen LogP contribution in [0.3, 0.4) is 0 Å². The fourth-order valence-corrected chi connectivity index (χ4v) is 4.79. The lowest BCUT2D eigenvalue weighted by molar-refractivity contribution is -0.0165. The number of rotatable bonds is 2. The summed E-state index contributed by atoms with van der Waals surface area (Å²) in [5.74, 6) is 2.54. The Morgan fingerprint density at radius 2 is 1.82 bits per heavy atom. The molecule has 6 heteroatoms. The topological polar surface area (TPSA) is 43.3 Å². The number of fused-ring (bicyclic) bond motifs is 4. The fourth-order valence-electron chi connectivity index (χ4n) is 4.05. The van der Waals surface area contributed by atoms with Crippen molar-refractivity contribution in [1.29, 1.82) is 0 Å². The van der Waals surface area contributed by atoms with Gasteiger partial charge in [-0.2, -0.15) is 5.10 Å². The first-order valence-corrected chi connectivity index (χ1v) is 10.3. The third-order valence-electron chi connectivity index (χ3n) is 5.36. The van der Waals surface area contributed by atoms with Gasteiger partial charge in [0.05, 0.1) is 16.6 Å². The number of ether oxygens (including phenoxy) is 3. The van der Waals surface area contributed by atoms with Gasteiger partial charge in [-0.25, -0.2) is 5.01 Å². The van der Waals surface area contributed by atoms with Crippen molar-refractivity contribution in [3.05, 3.63) is 76.0 Å². The molecule has 2 aromatic carbocycles. The number of para-hydroxylation sites is 1.